The highest BCUT2D eigenvalue weighted by atomic mass is 16.6. The summed E-state index contributed by atoms with van der Waals surface area (Å²) in [5, 5.41) is 12.3. The largest absolute Gasteiger partial charge is 0.382 e. The fourth-order valence-electron chi connectivity index (χ4n) is 4.47. The summed E-state index contributed by atoms with van der Waals surface area (Å²) >= 11 is 0. The van der Waals surface area contributed by atoms with E-state index in [-0.39, 0.29) is 28.7 Å². The number of fused-ring (bicyclic) bond motifs is 1. The quantitative estimate of drug-likeness (QED) is 0.142. The van der Waals surface area contributed by atoms with E-state index in [2.05, 4.69) is 26.0 Å². The van der Waals surface area contributed by atoms with Crippen LogP contribution in [0.1, 0.15) is 5.56 Å². The molecule has 1 aromatic heterocycles. The Morgan fingerprint density at radius 3 is 2.12 bits per heavy atom. The zero-order chi connectivity index (χ0) is 28.7. The molecule has 0 amide bonds. The van der Waals surface area contributed by atoms with Crippen LogP contribution in [0.3, 0.4) is 0 Å². The van der Waals surface area contributed by atoms with Gasteiger partial charge in [0.2, 0.25) is 16.5 Å². The standard InChI is InChI=1S/C27H17N7O6/c1-12-22(26(28)31-27(23(12)29-2)30-13-6-4-3-5-7-13)33-32-14-8-9-15(34(39)40)19-18(14)24(37)20-16(35)10-11-17(36)21(20)25(19)38/h3-11,32-33H,1H3,(H3,28,30,31). The summed E-state index contributed by atoms with van der Waals surface area (Å²) in [7, 11) is 0. The maximum absolute atomic E-state index is 13.4. The van der Waals surface area contributed by atoms with Gasteiger partial charge in [0.25, 0.3) is 5.69 Å². The SMILES string of the molecule is [C-]#[N+]c1c(Nc2ccccc2)nc(N)c(NNc2ccc([N+](=O)[O-])c3c(=O)c4c(=O)ccc(=O)c=4c(=O)c23)c1C. The number of nitro groups is 1. The molecule has 5 rings (SSSR count). The van der Waals surface area contributed by atoms with Crippen LogP contribution in [0.2, 0.25) is 0 Å². The minimum atomic E-state index is -1.10. The number of rotatable bonds is 6. The van der Waals surface area contributed by atoms with Crippen LogP contribution in [0.25, 0.3) is 15.6 Å². The molecule has 40 heavy (non-hydrogen) atoms. The Morgan fingerprint density at radius 1 is 0.900 bits per heavy atom. The monoisotopic (exact) mass is 535 g/mol. The van der Waals surface area contributed by atoms with E-state index in [9.17, 15) is 29.3 Å². The van der Waals surface area contributed by atoms with Gasteiger partial charge in [-0.25, -0.2) is 9.83 Å². The van der Waals surface area contributed by atoms with E-state index in [1.54, 1.807) is 31.2 Å². The number of anilines is 5. The minimum Gasteiger partial charge on any atom is -0.382 e. The molecule has 2 aromatic carbocycles. The topological polar surface area (TPSA) is 191 Å². The molecule has 0 spiro atoms. The first-order valence-corrected chi connectivity index (χ1v) is 11.6. The molecule has 0 fully saturated rings. The third-order valence-corrected chi connectivity index (χ3v) is 6.33. The third kappa shape index (κ3) is 4.02. The Kier molecular flexibility index (Phi) is 6.13. The first-order chi connectivity index (χ1) is 19.1. The normalized spacial score (nSPS) is 10.8. The molecule has 3 aromatic rings. The van der Waals surface area contributed by atoms with Crippen LogP contribution in [0.15, 0.2) is 73.8 Å². The summed E-state index contributed by atoms with van der Waals surface area (Å²) in [4.78, 5) is 70.2. The average molecular weight is 535 g/mol. The lowest BCUT2D eigenvalue weighted by molar-refractivity contribution is -0.383. The number of pyridine rings is 1. The number of non-ortho nitro benzene ring substituents is 1. The van der Waals surface area contributed by atoms with Gasteiger partial charge < -0.3 is 16.5 Å². The summed E-state index contributed by atoms with van der Waals surface area (Å²) in [6, 6.07) is 12.9. The molecule has 0 bridgehead atoms. The van der Waals surface area contributed by atoms with Crippen LogP contribution in [0, 0.1) is 34.0 Å². The Hall–Kier alpha value is -6.16. The molecule has 2 aliphatic carbocycles. The van der Waals surface area contributed by atoms with Crippen molar-refractivity contribution in [1.29, 1.82) is 0 Å². The van der Waals surface area contributed by atoms with Crippen molar-refractivity contribution < 1.29 is 4.92 Å². The molecule has 0 atom stereocenters. The second-order valence-corrected chi connectivity index (χ2v) is 8.66. The highest BCUT2D eigenvalue weighted by Gasteiger charge is 2.24. The zero-order valence-electron chi connectivity index (χ0n) is 20.6. The number of nitro benzene ring substituents is 1. The number of para-hydroxylation sites is 1. The number of nitrogens with two attached hydrogens (primary N) is 1. The van der Waals surface area contributed by atoms with Crippen molar-refractivity contribution in [3.8, 4) is 0 Å². The van der Waals surface area contributed by atoms with Crippen LogP contribution >= 0.6 is 0 Å². The molecular formula is C27H17N7O6. The van der Waals surface area contributed by atoms with Crippen molar-refractivity contribution in [2.45, 2.75) is 6.92 Å². The van der Waals surface area contributed by atoms with Gasteiger partial charge in [0, 0.05) is 11.8 Å². The Labute approximate surface area is 222 Å². The lowest BCUT2D eigenvalue weighted by Gasteiger charge is -2.18. The predicted molar refractivity (Wildman–Crippen MR) is 150 cm³/mol. The number of hydrazine groups is 1. The molecule has 13 heteroatoms. The van der Waals surface area contributed by atoms with Crippen molar-refractivity contribution in [3.05, 3.63) is 133 Å². The van der Waals surface area contributed by atoms with Crippen LogP contribution < -0.4 is 43.6 Å². The van der Waals surface area contributed by atoms with Gasteiger partial charge in [0.05, 0.1) is 38.7 Å². The van der Waals surface area contributed by atoms with Gasteiger partial charge in [-0.1, -0.05) is 18.2 Å². The first-order valence-electron chi connectivity index (χ1n) is 11.6. The smallest absolute Gasteiger partial charge is 0.281 e. The molecular weight excluding hydrogens is 518 g/mol. The second kappa shape index (κ2) is 9.62. The Morgan fingerprint density at radius 2 is 1.52 bits per heavy atom. The average Bonchev–Trinajstić information content (AvgIpc) is 2.93. The summed E-state index contributed by atoms with van der Waals surface area (Å²) in [6.07, 6.45) is 0. The van der Waals surface area contributed by atoms with Gasteiger partial charge in [0.1, 0.15) is 17.0 Å². The molecule has 0 unspecified atom stereocenters. The predicted octanol–water partition coefficient (Wildman–Crippen LogP) is 2.81. The van der Waals surface area contributed by atoms with Gasteiger partial charge in [-0.3, -0.25) is 34.7 Å². The highest BCUT2D eigenvalue weighted by Crippen LogP contribution is 2.38. The summed E-state index contributed by atoms with van der Waals surface area (Å²) in [5.74, 6) is 0.181. The third-order valence-electron chi connectivity index (χ3n) is 6.33. The fraction of sp³-hybridized carbons (Fsp3) is 0.0370. The van der Waals surface area contributed by atoms with Crippen molar-refractivity contribution in [2.24, 2.45) is 0 Å². The molecule has 196 valence electrons. The Bertz CT molecular complexity index is 2190. The van der Waals surface area contributed by atoms with Crippen LogP contribution in [-0.2, 0) is 0 Å². The first kappa shape index (κ1) is 25.5. The maximum Gasteiger partial charge on any atom is 0.281 e. The van der Waals surface area contributed by atoms with Gasteiger partial charge in [-0.2, -0.15) is 0 Å². The number of nitrogens with zero attached hydrogens (tertiary/aromatic N) is 3. The number of nitrogens with one attached hydrogen (secondary N) is 3. The Balaban J connectivity index is 1.67. The van der Waals surface area contributed by atoms with Crippen LogP contribution in [0.4, 0.5) is 40.1 Å². The van der Waals surface area contributed by atoms with Gasteiger partial charge in [0.15, 0.2) is 10.9 Å². The summed E-state index contributed by atoms with van der Waals surface area (Å²) in [6.45, 7) is 9.27. The van der Waals surface area contributed by atoms with E-state index >= 15 is 0 Å². The summed E-state index contributed by atoms with van der Waals surface area (Å²) < 4.78 is 0. The van der Waals surface area contributed by atoms with Crippen LogP contribution in [-0.4, -0.2) is 9.91 Å². The molecule has 13 nitrogen and oxygen atoms in total. The van der Waals surface area contributed by atoms with E-state index in [1.165, 1.54) is 6.07 Å². The summed E-state index contributed by atoms with van der Waals surface area (Å²) in [5.41, 5.74) is 8.32. The van der Waals surface area contributed by atoms with E-state index < -0.39 is 53.5 Å². The van der Waals surface area contributed by atoms with E-state index in [4.69, 9.17) is 12.3 Å². The van der Waals surface area contributed by atoms with E-state index in [0.717, 1.165) is 18.2 Å². The van der Waals surface area contributed by atoms with Gasteiger partial charge >= 0.3 is 0 Å². The van der Waals surface area contributed by atoms with Crippen molar-refractivity contribution in [2.75, 3.05) is 21.9 Å². The van der Waals surface area contributed by atoms with Crippen LogP contribution in [0.5, 0.6) is 0 Å². The second-order valence-electron chi connectivity index (χ2n) is 8.66. The highest BCUT2D eigenvalue weighted by molar-refractivity contribution is 6.00. The molecule has 0 aliphatic heterocycles. The molecule has 0 saturated heterocycles. The number of aromatic nitrogens is 1. The lowest BCUT2D eigenvalue weighted by atomic mass is 10.0. The maximum atomic E-state index is 13.4. The van der Waals surface area contributed by atoms with E-state index in [0.29, 0.717) is 11.3 Å². The molecule has 0 radical (unpaired) electrons. The lowest BCUT2D eigenvalue weighted by Crippen LogP contribution is -2.29. The minimum absolute atomic E-state index is 0.0304. The molecule has 2 aliphatic rings. The molecule has 5 N–H and O–H groups in total. The number of benzene rings is 2. The number of hydrogen-bond donors (Lipinski definition) is 4. The van der Waals surface area contributed by atoms with Gasteiger partial charge in [-0.05, 0) is 42.8 Å². The molecule has 0 saturated carbocycles. The van der Waals surface area contributed by atoms with Crippen molar-refractivity contribution in [1.82, 2.24) is 4.98 Å². The fourth-order valence-corrected chi connectivity index (χ4v) is 4.47. The zero-order valence-corrected chi connectivity index (χ0v) is 20.6. The molecule has 1 heterocycles. The van der Waals surface area contributed by atoms with E-state index in [1.807, 2.05) is 6.07 Å². The van der Waals surface area contributed by atoms with Crippen molar-refractivity contribution >= 4 is 50.8 Å². The number of nitrogen functional groups attached to an aromatic ring is 1. The van der Waals surface area contributed by atoms with Crippen molar-refractivity contribution in [3.63, 3.8) is 0 Å². The van der Waals surface area contributed by atoms with Gasteiger partial charge in [-0.15, -0.1) is 0 Å². The number of hydrogen-bond acceptors (Lipinski definition) is 11.